The molecule has 1 N–H and O–H groups in total. The highest BCUT2D eigenvalue weighted by atomic mass is 15.3. The molecule has 0 aromatic heterocycles. The van der Waals surface area contributed by atoms with Crippen molar-refractivity contribution in [3.63, 3.8) is 0 Å². The molecule has 3 aliphatic rings. The molecule has 3 heteroatoms. The molecular weight excluding hydrogens is 234 g/mol. The predicted molar refractivity (Wildman–Crippen MR) is 80.5 cm³/mol. The standard InChI is InChI=1S/C16H31N3/c1-3-18-9-6-15(11-18)12-19-13-16(7-4-5-8-16)17-10-14(19)2/h14-15,17H,3-13H2,1-2H3. The van der Waals surface area contributed by atoms with Gasteiger partial charge in [0.25, 0.3) is 0 Å². The molecule has 1 aliphatic carbocycles. The van der Waals surface area contributed by atoms with Crippen LogP contribution in [0.5, 0.6) is 0 Å². The van der Waals surface area contributed by atoms with Crippen LogP contribution in [-0.4, -0.2) is 60.6 Å². The first-order valence-electron chi connectivity index (χ1n) is 8.42. The summed E-state index contributed by atoms with van der Waals surface area (Å²) in [5.74, 6) is 0.916. The van der Waals surface area contributed by atoms with Crippen molar-refractivity contribution in [3.05, 3.63) is 0 Å². The van der Waals surface area contributed by atoms with E-state index in [9.17, 15) is 0 Å². The quantitative estimate of drug-likeness (QED) is 0.841. The molecule has 3 nitrogen and oxygen atoms in total. The lowest BCUT2D eigenvalue weighted by Gasteiger charge is -2.46. The second kappa shape index (κ2) is 5.71. The molecule has 2 heterocycles. The molecule has 0 bridgehead atoms. The first-order chi connectivity index (χ1) is 9.21. The van der Waals surface area contributed by atoms with Gasteiger partial charge in [-0.15, -0.1) is 0 Å². The van der Waals surface area contributed by atoms with Gasteiger partial charge in [0.15, 0.2) is 0 Å². The molecule has 0 amide bonds. The molecule has 3 rings (SSSR count). The van der Waals surface area contributed by atoms with Gasteiger partial charge in [-0.05, 0) is 45.2 Å². The second-order valence-corrected chi connectivity index (χ2v) is 7.19. The summed E-state index contributed by atoms with van der Waals surface area (Å²) >= 11 is 0. The highest BCUT2D eigenvalue weighted by Crippen LogP contribution is 2.33. The maximum Gasteiger partial charge on any atom is 0.0309 e. The van der Waals surface area contributed by atoms with Gasteiger partial charge in [-0.2, -0.15) is 0 Å². The molecule has 1 saturated carbocycles. The van der Waals surface area contributed by atoms with Gasteiger partial charge in [0.1, 0.15) is 0 Å². The molecule has 2 aliphatic heterocycles. The smallest absolute Gasteiger partial charge is 0.0309 e. The number of nitrogens with one attached hydrogen (secondary N) is 1. The zero-order chi connectivity index (χ0) is 13.3. The van der Waals surface area contributed by atoms with Crippen LogP contribution < -0.4 is 5.32 Å². The van der Waals surface area contributed by atoms with E-state index >= 15 is 0 Å². The van der Waals surface area contributed by atoms with Crippen LogP contribution in [0.25, 0.3) is 0 Å². The summed E-state index contributed by atoms with van der Waals surface area (Å²) in [7, 11) is 0. The average Bonchev–Trinajstić information content (AvgIpc) is 3.04. The van der Waals surface area contributed by atoms with Crippen LogP contribution in [0.15, 0.2) is 0 Å². The summed E-state index contributed by atoms with van der Waals surface area (Å²) in [5.41, 5.74) is 0.482. The molecule has 2 unspecified atom stereocenters. The van der Waals surface area contributed by atoms with Crippen molar-refractivity contribution >= 4 is 0 Å². The Balaban J connectivity index is 1.56. The van der Waals surface area contributed by atoms with Crippen molar-refractivity contribution in [3.8, 4) is 0 Å². The molecule has 0 aromatic carbocycles. The maximum atomic E-state index is 3.87. The lowest BCUT2D eigenvalue weighted by Crippen LogP contribution is -2.63. The van der Waals surface area contributed by atoms with Crippen molar-refractivity contribution in [1.82, 2.24) is 15.1 Å². The number of likely N-dealkylation sites (tertiary alicyclic amines) is 1. The Kier molecular flexibility index (Phi) is 4.16. The largest absolute Gasteiger partial charge is 0.308 e. The van der Waals surface area contributed by atoms with E-state index in [0.29, 0.717) is 5.54 Å². The van der Waals surface area contributed by atoms with Crippen molar-refractivity contribution in [2.75, 3.05) is 39.3 Å². The topological polar surface area (TPSA) is 18.5 Å². The van der Waals surface area contributed by atoms with E-state index in [0.717, 1.165) is 12.0 Å². The van der Waals surface area contributed by atoms with Gasteiger partial charge in [-0.1, -0.05) is 19.8 Å². The summed E-state index contributed by atoms with van der Waals surface area (Å²) in [6, 6.07) is 0.724. The summed E-state index contributed by atoms with van der Waals surface area (Å²) < 4.78 is 0. The van der Waals surface area contributed by atoms with Gasteiger partial charge in [-0.25, -0.2) is 0 Å². The summed E-state index contributed by atoms with van der Waals surface area (Å²) in [5, 5.41) is 3.87. The molecule has 0 radical (unpaired) electrons. The number of piperazine rings is 1. The van der Waals surface area contributed by atoms with Crippen LogP contribution in [-0.2, 0) is 0 Å². The van der Waals surface area contributed by atoms with Crippen LogP contribution in [0.1, 0.15) is 46.0 Å². The van der Waals surface area contributed by atoms with E-state index in [1.165, 1.54) is 71.4 Å². The SMILES string of the molecule is CCN1CCC(CN2CC3(CCCC3)NCC2C)C1. The Bertz CT molecular complexity index is 298. The van der Waals surface area contributed by atoms with Gasteiger partial charge in [-0.3, -0.25) is 4.90 Å². The second-order valence-electron chi connectivity index (χ2n) is 7.19. The van der Waals surface area contributed by atoms with Crippen molar-refractivity contribution in [1.29, 1.82) is 0 Å². The first kappa shape index (κ1) is 13.8. The minimum atomic E-state index is 0.482. The summed E-state index contributed by atoms with van der Waals surface area (Å²) in [6.07, 6.45) is 7.09. The zero-order valence-corrected chi connectivity index (χ0v) is 12.8. The molecular formula is C16H31N3. The van der Waals surface area contributed by atoms with Gasteiger partial charge in [0, 0.05) is 37.8 Å². The Morgan fingerprint density at radius 3 is 2.74 bits per heavy atom. The van der Waals surface area contributed by atoms with Crippen LogP contribution in [0.3, 0.4) is 0 Å². The molecule has 19 heavy (non-hydrogen) atoms. The molecule has 2 saturated heterocycles. The highest BCUT2D eigenvalue weighted by molar-refractivity contribution is 5.00. The Morgan fingerprint density at radius 1 is 1.26 bits per heavy atom. The first-order valence-corrected chi connectivity index (χ1v) is 8.42. The Morgan fingerprint density at radius 2 is 2.05 bits per heavy atom. The number of hydrogen-bond acceptors (Lipinski definition) is 3. The van der Waals surface area contributed by atoms with Gasteiger partial charge < -0.3 is 10.2 Å². The van der Waals surface area contributed by atoms with Crippen LogP contribution >= 0.6 is 0 Å². The molecule has 2 atom stereocenters. The monoisotopic (exact) mass is 265 g/mol. The molecule has 1 spiro atoms. The summed E-state index contributed by atoms with van der Waals surface area (Å²) in [4.78, 5) is 5.41. The third-order valence-corrected chi connectivity index (χ3v) is 5.77. The lowest BCUT2D eigenvalue weighted by molar-refractivity contribution is 0.0751. The highest BCUT2D eigenvalue weighted by Gasteiger charge is 2.40. The molecule has 3 fully saturated rings. The molecule has 0 aromatic rings. The van der Waals surface area contributed by atoms with E-state index in [4.69, 9.17) is 0 Å². The normalized spacial score (nSPS) is 36.3. The Labute approximate surface area is 118 Å². The fourth-order valence-electron chi connectivity index (χ4n) is 4.41. The van der Waals surface area contributed by atoms with Crippen LogP contribution in [0, 0.1) is 5.92 Å². The maximum absolute atomic E-state index is 3.87. The van der Waals surface area contributed by atoms with Gasteiger partial charge in [0.2, 0.25) is 0 Å². The third kappa shape index (κ3) is 2.98. The third-order valence-electron chi connectivity index (χ3n) is 5.77. The minimum absolute atomic E-state index is 0.482. The van der Waals surface area contributed by atoms with Gasteiger partial charge in [0.05, 0.1) is 0 Å². The van der Waals surface area contributed by atoms with E-state index < -0.39 is 0 Å². The van der Waals surface area contributed by atoms with E-state index in [1.54, 1.807) is 0 Å². The van der Waals surface area contributed by atoms with Crippen molar-refractivity contribution < 1.29 is 0 Å². The van der Waals surface area contributed by atoms with E-state index in [1.807, 2.05) is 0 Å². The van der Waals surface area contributed by atoms with E-state index in [-0.39, 0.29) is 0 Å². The molecule has 110 valence electrons. The lowest BCUT2D eigenvalue weighted by atomic mass is 9.91. The van der Waals surface area contributed by atoms with Crippen molar-refractivity contribution in [2.24, 2.45) is 5.92 Å². The number of hydrogen-bond donors (Lipinski definition) is 1. The zero-order valence-electron chi connectivity index (χ0n) is 12.8. The number of rotatable bonds is 3. The Hall–Kier alpha value is -0.120. The average molecular weight is 265 g/mol. The number of nitrogens with zero attached hydrogens (tertiary/aromatic N) is 2. The summed E-state index contributed by atoms with van der Waals surface area (Å²) in [6.45, 7) is 12.4. The van der Waals surface area contributed by atoms with Gasteiger partial charge >= 0.3 is 0 Å². The van der Waals surface area contributed by atoms with E-state index in [2.05, 4.69) is 29.0 Å². The fraction of sp³-hybridized carbons (Fsp3) is 1.00. The minimum Gasteiger partial charge on any atom is -0.308 e. The van der Waals surface area contributed by atoms with Crippen LogP contribution in [0.4, 0.5) is 0 Å². The fourth-order valence-corrected chi connectivity index (χ4v) is 4.41. The van der Waals surface area contributed by atoms with Crippen molar-refractivity contribution in [2.45, 2.75) is 57.5 Å². The van der Waals surface area contributed by atoms with Crippen LogP contribution in [0.2, 0.25) is 0 Å². The predicted octanol–water partition coefficient (Wildman–Crippen LogP) is 1.93.